The van der Waals surface area contributed by atoms with Crippen LogP contribution in [0.3, 0.4) is 0 Å². The lowest BCUT2D eigenvalue weighted by Gasteiger charge is -2.40. The summed E-state index contributed by atoms with van der Waals surface area (Å²) in [6.45, 7) is 11.4. The van der Waals surface area contributed by atoms with Gasteiger partial charge in [-0.05, 0) is 25.5 Å². The Morgan fingerprint density at radius 3 is 2.42 bits per heavy atom. The summed E-state index contributed by atoms with van der Waals surface area (Å²) < 4.78 is 0. The van der Waals surface area contributed by atoms with E-state index in [1.54, 1.807) is 6.07 Å². The number of nitrogens with zero attached hydrogens (tertiary/aromatic N) is 3. The van der Waals surface area contributed by atoms with E-state index < -0.39 is 4.92 Å². The molecule has 6 nitrogen and oxygen atoms in total. The second-order valence-corrected chi connectivity index (χ2v) is 7.32. The zero-order valence-corrected chi connectivity index (χ0v) is 15.6. The molecule has 0 bridgehead atoms. The Labute approximate surface area is 148 Å². The van der Waals surface area contributed by atoms with Crippen LogP contribution in [0.15, 0.2) is 12.1 Å². The Kier molecular flexibility index (Phi) is 6.43. The fourth-order valence-corrected chi connectivity index (χ4v) is 3.53. The van der Waals surface area contributed by atoms with E-state index in [0.717, 1.165) is 44.0 Å². The van der Waals surface area contributed by atoms with E-state index in [-0.39, 0.29) is 5.69 Å². The SMILES string of the molecule is Cc1cc([N+](=O)[O-])cc(Cl)c1NCC(C(C)C)N1CCN(C)CC1. The molecule has 1 unspecified atom stereocenters. The summed E-state index contributed by atoms with van der Waals surface area (Å²) in [4.78, 5) is 15.4. The van der Waals surface area contributed by atoms with Crippen LogP contribution in [0.1, 0.15) is 19.4 Å². The summed E-state index contributed by atoms with van der Waals surface area (Å²) in [6, 6.07) is 3.38. The summed E-state index contributed by atoms with van der Waals surface area (Å²) in [5, 5.41) is 14.8. The molecule has 0 radical (unpaired) electrons. The monoisotopic (exact) mass is 354 g/mol. The van der Waals surface area contributed by atoms with Crippen LogP contribution < -0.4 is 5.32 Å². The van der Waals surface area contributed by atoms with Gasteiger partial charge in [0.05, 0.1) is 15.6 Å². The van der Waals surface area contributed by atoms with Crippen molar-refractivity contribution in [1.82, 2.24) is 9.80 Å². The molecule has 0 amide bonds. The molecule has 1 atom stereocenters. The number of benzene rings is 1. The second kappa shape index (κ2) is 8.14. The van der Waals surface area contributed by atoms with Crippen molar-refractivity contribution in [2.75, 3.05) is 45.1 Å². The van der Waals surface area contributed by atoms with Gasteiger partial charge in [0.15, 0.2) is 0 Å². The van der Waals surface area contributed by atoms with Crippen molar-refractivity contribution >= 4 is 23.0 Å². The topological polar surface area (TPSA) is 61.7 Å². The van der Waals surface area contributed by atoms with Gasteiger partial charge in [-0.25, -0.2) is 0 Å². The van der Waals surface area contributed by atoms with E-state index in [1.807, 2.05) is 6.92 Å². The van der Waals surface area contributed by atoms with E-state index in [2.05, 4.69) is 36.0 Å². The van der Waals surface area contributed by atoms with Crippen molar-refractivity contribution in [3.63, 3.8) is 0 Å². The van der Waals surface area contributed by atoms with Gasteiger partial charge in [0.1, 0.15) is 0 Å². The minimum atomic E-state index is -0.413. The van der Waals surface area contributed by atoms with Crippen molar-refractivity contribution in [3.05, 3.63) is 32.8 Å². The first-order valence-corrected chi connectivity index (χ1v) is 8.78. The van der Waals surface area contributed by atoms with Gasteiger partial charge in [0, 0.05) is 50.9 Å². The molecule has 1 aromatic rings. The Balaban J connectivity index is 2.08. The zero-order chi connectivity index (χ0) is 17.9. The van der Waals surface area contributed by atoms with Crippen molar-refractivity contribution in [2.24, 2.45) is 5.92 Å². The zero-order valence-electron chi connectivity index (χ0n) is 14.9. The van der Waals surface area contributed by atoms with Crippen LogP contribution in [0.2, 0.25) is 5.02 Å². The average molecular weight is 355 g/mol. The highest BCUT2D eigenvalue weighted by atomic mass is 35.5. The fraction of sp³-hybridized carbons (Fsp3) is 0.647. The molecule has 134 valence electrons. The number of halogens is 1. The third-order valence-electron chi connectivity index (χ3n) is 4.75. The number of piperazine rings is 1. The maximum Gasteiger partial charge on any atom is 0.271 e. The highest BCUT2D eigenvalue weighted by molar-refractivity contribution is 6.33. The molecule has 0 aromatic heterocycles. The molecule has 1 aliphatic rings. The Hall–Kier alpha value is -1.37. The Morgan fingerprint density at radius 1 is 1.29 bits per heavy atom. The maximum atomic E-state index is 10.9. The summed E-state index contributed by atoms with van der Waals surface area (Å²) in [7, 11) is 2.15. The third kappa shape index (κ3) is 4.59. The maximum absolute atomic E-state index is 10.9. The van der Waals surface area contributed by atoms with Gasteiger partial charge in [-0.1, -0.05) is 25.4 Å². The first-order chi connectivity index (χ1) is 11.3. The number of likely N-dealkylation sites (N-methyl/N-ethyl adjacent to an activating group) is 1. The summed E-state index contributed by atoms with van der Waals surface area (Å²) >= 11 is 6.26. The minimum absolute atomic E-state index is 0.0301. The molecule has 0 spiro atoms. The number of hydrogen-bond acceptors (Lipinski definition) is 5. The number of nitrogens with one attached hydrogen (secondary N) is 1. The lowest BCUT2D eigenvalue weighted by Crippen LogP contribution is -2.52. The quantitative estimate of drug-likeness (QED) is 0.627. The first kappa shape index (κ1) is 19.0. The summed E-state index contributed by atoms with van der Waals surface area (Å²) in [5.74, 6) is 0.512. The molecule has 1 aromatic carbocycles. The van der Waals surface area contributed by atoms with E-state index in [0.29, 0.717) is 17.0 Å². The molecule has 1 fully saturated rings. The number of nitro benzene ring substituents is 1. The largest absolute Gasteiger partial charge is 0.382 e. The van der Waals surface area contributed by atoms with Crippen LogP contribution in [0.4, 0.5) is 11.4 Å². The minimum Gasteiger partial charge on any atom is -0.382 e. The lowest BCUT2D eigenvalue weighted by atomic mass is 10.0. The van der Waals surface area contributed by atoms with Crippen molar-refractivity contribution < 1.29 is 4.92 Å². The molecule has 7 heteroatoms. The molecular weight excluding hydrogens is 328 g/mol. The van der Waals surface area contributed by atoms with Gasteiger partial charge in [-0.3, -0.25) is 15.0 Å². The van der Waals surface area contributed by atoms with Gasteiger partial charge < -0.3 is 10.2 Å². The van der Waals surface area contributed by atoms with Gasteiger partial charge in [-0.15, -0.1) is 0 Å². The molecule has 1 heterocycles. The van der Waals surface area contributed by atoms with E-state index >= 15 is 0 Å². The van der Waals surface area contributed by atoms with E-state index in [1.165, 1.54) is 6.07 Å². The predicted octanol–water partition coefficient (Wildman–Crippen LogP) is 3.24. The van der Waals surface area contributed by atoms with Crippen LogP contribution >= 0.6 is 11.6 Å². The molecule has 0 saturated carbocycles. The van der Waals surface area contributed by atoms with Crippen molar-refractivity contribution in [1.29, 1.82) is 0 Å². The molecular formula is C17H27ClN4O2. The highest BCUT2D eigenvalue weighted by Gasteiger charge is 2.25. The smallest absolute Gasteiger partial charge is 0.271 e. The van der Waals surface area contributed by atoms with Crippen molar-refractivity contribution in [3.8, 4) is 0 Å². The van der Waals surface area contributed by atoms with Gasteiger partial charge >= 0.3 is 0 Å². The number of anilines is 1. The normalized spacial score (nSPS) is 17.9. The molecule has 24 heavy (non-hydrogen) atoms. The van der Waals surface area contributed by atoms with Crippen LogP contribution in [0.5, 0.6) is 0 Å². The van der Waals surface area contributed by atoms with Gasteiger partial charge in [-0.2, -0.15) is 0 Å². The molecule has 1 aliphatic heterocycles. The van der Waals surface area contributed by atoms with Gasteiger partial charge in [0.25, 0.3) is 5.69 Å². The Bertz CT molecular complexity index is 563. The molecule has 2 rings (SSSR count). The van der Waals surface area contributed by atoms with E-state index in [4.69, 9.17) is 11.6 Å². The van der Waals surface area contributed by atoms with Crippen LogP contribution in [0.25, 0.3) is 0 Å². The first-order valence-electron chi connectivity index (χ1n) is 8.40. The lowest BCUT2D eigenvalue weighted by molar-refractivity contribution is -0.384. The molecule has 1 N–H and O–H groups in total. The van der Waals surface area contributed by atoms with Crippen molar-refractivity contribution in [2.45, 2.75) is 26.8 Å². The third-order valence-corrected chi connectivity index (χ3v) is 5.05. The van der Waals surface area contributed by atoms with Gasteiger partial charge in [0.2, 0.25) is 0 Å². The number of nitro groups is 1. The number of rotatable bonds is 6. The van der Waals surface area contributed by atoms with Crippen LogP contribution in [-0.2, 0) is 0 Å². The van der Waals surface area contributed by atoms with Crippen LogP contribution in [-0.4, -0.2) is 60.5 Å². The average Bonchev–Trinajstić information content (AvgIpc) is 2.50. The number of non-ortho nitro benzene ring substituents is 1. The predicted molar refractivity (Wildman–Crippen MR) is 99.0 cm³/mol. The van der Waals surface area contributed by atoms with Crippen LogP contribution in [0, 0.1) is 23.0 Å². The van der Waals surface area contributed by atoms with E-state index in [9.17, 15) is 10.1 Å². The molecule has 0 aliphatic carbocycles. The fourth-order valence-electron chi connectivity index (χ4n) is 3.20. The standard InChI is InChI=1S/C17H27ClN4O2/c1-12(2)16(21-7-5-20(4)6-8-21)11-19-17-13(3)9-14(22(23)24)10-15(17)18/h9-10,12,16,19H,5-8,11H2,1-4H3. The highest BCUT2D eigenvalue weighted by Crippen LogP contribution is 2.31. The Morgan fingerprint density at radius 2 is 1.92 bits per heavy atom. The number of hydrogen-bond donors (Lipinski definition) is 1. The second-order valence-electron chi connectivity index (χ2n) is 6.91. The molecule has 1 saturated heterocycles. The summed E-state index contributed by atoms with van der Waals surface area (Å²) in [6.07, 6.45) is 0. The number of aryl methyl sites for hydroxylation is 1. The summed E-state index contributed by atoms with van der Waals surface area (Å²) in [5.41, 5.74) is 1.62.